The van der Waals surface area contributed by atoms with Crippen LogP contribution in [0.4, 0.5) is 0 Å². The van der Waals surface area contributed by atoms with Crippen LogP contribution in [0.25, 0.3) is 11.3 Å². The predicted octanol–water partition coefficient (Wildman–Crippen LogP) is 2.44. The van der Waals surface area contributed by atoms with Crippen molar-refractivity contribution in [2.75, 3.05) is 13.2 Å². The highest BCUT2D eigenvalue weighted by molar-refractivity contribution is 5.60. The number of aromatic nitrogens is 4. The molecule has 0 saturated heterocycles. The number of benzene rings is 1. The minimum atomic E-state index is 0.635. The third-order valence-electron chi connectivity index (χ3n) is 3.51. The summed E-state index contributed by atoms with van der Waals surface area (Å²) in [7, 11) is 1.84. The maximum absolute atomic E-state index is 5.57. The van der Waals surface area contributed by atoms with Gasteiger partial charge in [0.1, 0.15) is 11.4 Å². The molecule has 0 aliphatic rings. The Labute approximate surface area is 141 Å². The molecular formula is C18H21N5O. The molecular weight excluding hydrogens is 302 g/mol. The van der Waals surface area contributed by atoms with Crippen molar-refractivity contribution in [3.8, 4) is 17.1 Å². The zero-order valence-electron chi connectivity index (χ0n) is 13.7. The summed E-state index contributed by atoms with van der Waals surface area (Å²) in [6, 6.07) is 15.8. The summed E-state index contributed by atoms with van der Waals surface area (Å²) < 4.78 is 5.57. The van der Waals surface area contributed by atoms with Crippen molar-refractivity contribution in [2.24, 2.45) is 7.05 Å². The van der Waals surface area contributed by atoms with Gasteiger partial charge in [-0.05, 0) is 19.0 Å². The van der Waals surface area contributed by atoms with Gasteiger partial charge in [0.25, 0.3) is 0 Å². The fourth-order valence-corrected chi connectivity index (χ4v) is 2.40. The highest BCUT2D eigenvalue weighted by Crippen LogP contribution is 2.19. The molecule has 0 fully saturated rings. The zero-order chi connectivity index (χ0) is 16.6. The van der Waals surface area contributed by atoms with Gasteiger partial charge in [-0.2, -0.15) is 15.0 Å². The standard InChI is InChI=1S/C18H21N5O/c1-23-21-16(18(22-23)15-8-3-2-4-9-15)14-19-11-7-13-24-17-10-5-6-12-20-17/h2-6,8-10,12,19H,7,11,13-14H2,1H3. The van der Waals surface area contributed by atoms with E-state index in [4.69, 9.17) is 4.74 Å². The van der Waals surface area contributed by atoms with Crippen molar-refractivity contribution in [3.05, 3.63) is 60.4 Å². The fraction of sp³-hybridized carbons (Fsp3) is 0.278. The van der Waals surface area contributed by atoms with E-state index in [0.29, 0.717) is 19.0 Å². The molecule has 2 heterocycles. The van der Waals surface area contributed by atoms with Crippen LogP contribution < -0.4 is 10.1 Å². The summed E-state index contributed by atoms with van der Waals surface area (Å²) in [5.74, 6) is 0.665. The fourth-order valence-electron chi connectivity index (χ4n) is 2.40. The zero-order valence-corrected chi connectivity index (χ0v) is 13.7. The molecule has 0 amide bonds. The van der Waals surface area contributed by atoms with Gasteiger partial charge in [0.2, 0.25) is 5.88 Å². The van der Waals surface area contributed by atoms with Crippen LogP contribution in [0.3, 0.4) is 0 Å². The second-order valence-corrected chi connectivity index (χ2v) is 5.40. The molecule has 6 heteroatoms. The van der Waals surface area contributed by atoms with Crippen molar-refractivity contribution >= 4 is 0 Å². The van der Waals surface area contributed by atoms with E-state index in [1.807, 2.05) is 55.6 Å². The maximum Gasteiger partial charge on any atom is 0.213 e. The van der Waals surface area contributed by atoms with Crippen LogP contribution in [0.15, 0.2) is 54.7 Å². The molecule has 2 aromatic heterocycles. The van der Waals surface area contributed by atoms with Gasteiger partial charge >= 0.3 is 0 Å². The number of rotatable bonds is 8. The van der Waals surface area contributed by atoms with Crippen LogP contribution in [-0.2, 0) is 13.6 Å². The van der Waals surface area contributed by atoms with E-state index in [-0.39, 0.29) is 0 Å². The molecule has 3 rings (SSSR count). The monoisotopic (exact) mass is 323 g/mol. The molecule has 0 radical (unpaired) electrons. The van der Waals surface area contributed by atoms with Gasteiger partial charge in [-0.25, -0.2) is 4.98 Å². The molecule has 124 valence electrons. The average Bonchev–Trinajstić information content (AvgIpc) is 3.00. The number of pyridine rings is 1. The van der Waals surface area contributed by atoms with E-state index in [2.05, 4.69) is 20.5 Å². The molecule has 24 heavy (non-hydrogen) atoms. The first-order valence-electron chi connectivity index (χ1n) is 8.03. The van der Waals surface area contributed by atoms with E-state index in [1.54, 1.807) is 11.0 Å². The van der Waals surface area contributed by atoms with Crippen LogP contribution in [-0.4, -0.2) is 33.1 Å². The average molecular weight is 323 g/mol. The molecule has 6 nitrogen and oxygen atoms in total. The summed E-state index contributed by atoms with van der Waals surface area (Å²) in [6.07, 6.45) is 2.63. The molecule has 1 N–H and O–H groups in total. The first-order valence-corrected chi connectivity index (χ1v) is 8.03. The van der Waals surface area contributed by atoms with E-state index in [9.17, 15) is 0 Å². The van der Waals surface area contributed by atoms with Crippen molar-refractivity contribution in [1.29, 1.82) is 0 Å². The first-order chi connectivity index (χ1) is 11.8. The third-order valence-corrected chi connectivity index (χ3v) is 3.51. The quantitative estimate of drug-likeness (QED) is 0.645. The molecule has 0 spiro atoms. The van der Waals surface area contributed by atoms with Crippen molar-refractivity contribution in [3.63, 3.8) is 0 Å². The lowest BCUT2D eigenvalue weighted by Crippen LogP contribution is -2.18. The summed E-state index contributed by atoms with van der Waals surface area (Å²) >= 11 is 0. The molecule has 1 aromatic carbocycles. The predicted molar refractivity (Wildman–Crippen MR) is 92.5 cm³/mol. The van der Waals surface area contributed by atoms with Gasteiger partial charge in [-0.1, -0.05) is 36.4 Å². The Morgan fingerprint density at radius 2 is 1.88 bits per heavy atom. The number of hydrogen-bond acceptors (Lipinski definition) is 5. The Kier molecular flexibility index (Phi) is 5.52. The number of nitrogens with zero attached hydrogens (tertiary/aromatic N) is 4. The van der Waals surface area contributed by atoms with Gasteiger partial charge in [0.15, 0.2) is 0 Å². The second-order valence-electron chi connectivity index (χ2n) is 5.40. The van der Waals surface area contributed by atoms with Gasteiger partial charge < -0.3 is 10.1 Å². The van der Waals surface area contributed by atoms with Gasteiger partial charge in [0, 0.05) is 31.4 Å². The van der Waals surface area contributed by atoms with Crippen molar-refractivity contribution in [1.82, 2.24) is 25.3 Å². The molecule has 0 bridgehead atoms. The van der Waals surface area contributed by atoms with Gasteiger partial charge in [-0.15, -0.1) is 0 Å². The number of nitrogens with one attached hydrogen (secondary N) is 1. The third kappa shape index (κ3) is 4.39. The van der Waals surface area contributed by atoms with Crippen LogP contribution in [0.2, 0.25) is 0 Å². The second kappa shape index (κ2) is 8.21. The van der Waals surface area contributed by atoms with Crippen LogP contribution >= 0.6 is 0 Å². The normalized spacial score (nSPS) is 10.7. The molecule has 0 aliphatic carbocycles. The highest BCUT2D eigenvalue weighted by Gasteiger charge is 2.11. The lowest BCUT2D eigenvalue weighted by atomic mass is 10.1. The topological polar surface area (TPSA) is 64.9 Å². The van der Waals surface area contributed by atoms with E-state index < -0.39 is 0 Å². The van der Waals surface area contributed by atoms with E-state index >= 15 is 0 Å². The molecule has 3 aromatic rings. The Balaban J connectivity index is 1.46. The summed E-state index contributed by atoms with van der Waals surface area (Å²) in [6.45, 7) is 2.16. The largest absolute Gasteiger partial charge is 0.478 e. The molecule has 0 aliphatic heterocycles. The lowest BCUT2D eigenvalue weighted by molar-refractivity contribution is 0.296. The van der Waals surface area contributed by atoms with Gasteiger partial charge in [-0.3, -0.25) is 0 Å². The Hall–Kier alpha value is -2.73. The van der Waals surface area contributed by atoms with Crippen molar-refractivity contribution < 1.29 is 4.74 Å². The lowest BCUT2D eigenvalue weighted by Gasteiger charge is -2.06. The molecule has 0 unspecified atom stereocenters. The minimum absolute atomic E-state index is 0.635. The Morgan fingerprint density at radius 1 is 1.04 bits per heavy atom. The van der Waals surface area contributed by atoms with Crippen molar-refractivity contribution in [2.45, 2.75) is 13.0 Å². The van der Waals surface area contributed by atoms with E-state index in [1.165, 1.54) is 0 Å². The van der Waals surface area contributed by atoms with Crippen LogP contribution in [0.1, 0.15) is 12.1 Å². The SMILES string of the molecule is Cn1nc(CNCCCOc2ccccn2)c(-c2ccccc2)n1. The summed E-state index contributed by atoms with van der Waals surface area (Å²) in [4.78, 5) is 5.74. The highest BCUT2D eigenvalue weighted by atomic mass is 16.5. The number of ether oxygens (including phenoxy) is 1. The maximum atomic E-state index is 5.57. The Bertz CT molecular complexity index is 743. The van der Waals surface area contributed by atoms with E-state index in [0.717, 1.165) is 29.9 Å². The molecule has 0 saturated carbocycles. The van der Waals surface area contributed by atoms with Crippen LogP contribution in [0.5, 0.6) is 5.88 Å². The Morgan fingerprint density at radius 3 is 2.67 bits per heavy atom. The molecule has 0 atom stereocenters. The number of aryl methyl sites for hydroxylation is 1. The summed E-state index contributed by atoms with van der Waals surface area (Å²) in [5.41, 5.74) is 2.96. The van der Waals surface area contributed by atoms with Gasteiger partial charge in [0.05, 0.1) is 6.61 Å². The number of hydrogen-bond donors (Lipinski definition) is 1. The first kappa shape index (κ1) is 16.1. The van der Waals surface area contributed by atoms with Crippen LogP contribution in [0, 0.1) is 0 Å². The summed E-state index contributed by atoms with van der Waals surface area (Å²) in [5, 5.41) is 12.3. The minimum Gasteiger partial charge on any atom is -0.478 e. The smallest absolute Gasteiger partial charge is 0.213 e.